The number of amides is 1. The molecule has 0 aliphatic rings. The van der Waals surface area contributed by atoms with Crippen molar-refractivity contribution in [2.24, 2.45) is 0 Å². The summed E-state index contributed by atoms with van der Waals surface area (Å²) in [5.41, 5.74) is 0. The van der Waals surface area contributed by atoms with E-state index < -0.39 is 20.0 Å². The first-order chi connectivity index (χ1) is 25.0. The molecule has 0 aromatic carbocycles. The Morgan fingerprint density at radius 3 is 1.62 bits per heavy atom. The highest BCUT2D eigenvalue weighted by atomic mass is 31.2. The number of nitrogens with one attached hydrogen (secondary N) is 1. The number of allylic oxidation sites excluding steroid dienone is 14. The highest BCUT2D eigenvalue weighted by Gasteiger charge is 2.28. The molecule has 298 valence electrons. The third-order valence-corrected chi connectivity index (χ3v) is 9.14. The van der Waals surface area contributed by atoms with E-state index in [1.54, 1.807) is 0 Å². The lowest BCUT2D eigenvalue weighted by atomic mass is 10.0. The van der Waals surface area contributed by atoms with Crippen molar-refractivity contribution in [1.82, 2.24) is 5.32 Å². The first-order valence-electron chi connectivity index (χ1n) is 20.0. The summed E-state index contributed by atoms with van der Waals surface area (Å²) < 4.78 is 23.4. The molecule has 9 heteroatoms. The Bertz CT molecular complexity index is 1120. The monoisotopic (exact) mass is 748 g/mol. The third-order valence-electron chi connectivity index (χ3n) is 8.16. The molecule has 3 unspecified atom stereocenters. The number of carbonyl (C=O) groups is 1. The molecule has 0 spiro atoms. The van der Waals surface area contributed by atoms with Crippen LogP contribution in [-0.2, 0) is 18.4 Å². The zero-order chi connectivity index (χ0) is 38.6. The third kappa shape index (κ3) is 36.1. The Hall–Kier alpha value is -2.32. The topological polar surface area (TPSA) is 105 Å². The molecule has 0 heterocycles. The summed E-state index contributed by atoms with van der Waals surface area (Å²) >= 11 is 0. The molecule has 0 bridgehead atoms. The van der Waals surface area contributed by atoms with E-state index in [0.717, 1.165) is 70.6 Å². The highest BCUT2D eigenvalue weighted by Crippen LogP contribution is 2.43. The van der Waals surface area contributed by atoms with E-state index in [-0.39, 0.29) is 19.1 Å². The first-order valence-corrected chi connectivity index (χ1v) is 21.4. The molecule has 52 heavy (non-hydrogen) atoms. The Morgan fingerprint density at radius 1 is 0.673 bits per heavy atom. The number of phosphoric acid groups is 1. The van der Waals surface area contributed by atoms with Crippen molar-refractivity contribution in [1.29, 1.82) is 0 Å². The van der Waals surface area contributed by atoms with Crippen LogP contribution in [0.2, 0.25) is 0 Å². The van der Waals surface area contributed by atoms with Gasteiger partial charge in [-0.05, 0) is 64.2 Å². The molecule has 0 aromatic rings. The lowest BCUT2D eigenvalue weighted by molar-refractivity contribution is -0.870. The van der Waals surface area contributed by atoms with Gasteiger partial charge in [-0.2, -0.15) is 0 Å². The van der Waals surface area contributed by atoms with Crippen molar-refractivity contribution in [3.05, 3.63) is 85.1 Å². The average Bonchev–Trinajstić information content (AvgIpc) is 3.09. The molecule has 3 N–H and O–H groups in total. The van der Waals surface area contributed by atoms with E-state index >= 15 is 0 Å². The Kier molecular flexibility index (Phi) is 32.9. The van der Waals surface area contributed by atoms with Crippen molar-refractivity contribution in [2.75, 3.05) is 40.9 Å². The molecule has 3 atom stereocenters. The van der Waals surface area contributed by atoms with Gasteiger partial charge >= 0.3 is 7.82 Å². The van der Waals surface area contributed by atoms with Gasteiger partial charge in [-0.25, -0.2) is 4.57 Å². The highest BCUT2D eigenvalue weighted by molar-refractivity contribution is 7.47. The Morgan fingerprint density at radius 2 is 1.13 bits per heavy atom. The Balaban J connectivity index is 4.42. The zero-order valence-corrected chi connectivity index (χ0v) is 34.4. The van der Waals surface area contributed by atoms with Crippen LogP contribution in [0.15, 0.2) is 85.1 Å². The maximum absolute atomic E-state index is 12.8. The maximum atomic E-state index is 12.8. The van der Waals surface area contributed by atoms with Gasteiger partial charge in [0.25, 0.3) is 0 Å². The minimum atomic E-state index is -4.32. The number of phosphoric ester groups is 1. The van der Waals surface area contributed by atoms with Crippen molar-refractivity contribution < 1.29 is 32.9 Å². The molecule has 0 aromatic heterocycles. The number of aliphatic hydroxyl groups is 1. The minimum Gasteiger partial charge on any atom is -0.391 e. The average molecular weight is 748 g/mol. The van der Waals surface area contributed by atoms with Gasteiger partial charge in [-0.3, -0.25) is 13.8 Å². The van der Waals surface area contributed by atoms with Crippen molar-refractivity contribution in [3.63, 3.8) is 0 Å². The van der Waals surface area contributed by atoms with Crippen LogP contribution in [0.3, 0.4) is 0 Å². The van der Waals surface area contributed by atoms with Crippen LogP contribution < -0.4 is 5.32 Å². The molecular weight excluding hydrogens is 671 g/mol. The Labute approximate surface area is 318 Å². The molecule has 0 radical (unpaired) electrons. The van der Waals surface area contributed by atoms with E-state index in [1.807, 2.05) is 21.1 Å². The number of rotatable bonds is 34. The molecule has 0 fully saturated rings. The summed E-state index contributed by atoms with van der Waals surface area (Å²) in [6.07, 6.45) is 46.4. The second-order valence-electron chi connectivity index (χ2n) is 14.3. The standard InChI is InChI=1S/C43H75N2O6P/c1-6-8-10-12-14-15-16-17-18-19-20-21-22-23-24-25-26-27-28-29-31-33-35-37-43(47)44-41(42(46)36-34-32-30-13-11-9-7-2)40-51-52(48,49)50-39-38-45(3,4)5/h8,10,14-15,17-18,20-21,23-24,26-27,29,31,41-42,46H,6-7,9,11-13,16,19,22,25,28,30,32-40H2,1-5H3,(H-,44,47,48,49)/p+1/b10-8-,15-14-,18-17-,21-20-,24-23-,27-26-,31-29-. The van der Waals surface area contributed by atoms with Crippen molar-refractivity contribution in [3.8, 4) is 0 Å². The summed E-state index contributed by atoms with van der Waals surface area (Å²) in [4.78, 5) is 22.9. The van der Waals surface area contributed by atoms with E-state index in [0.29, 0.717) is 30.3 Å². The molecule has 0 saturated heterocycles. The van der Waals surface area contributed by atoms with Crippen LogP contribution in [0, 0.1) is 0 Å². The zero-order valence-electron chi connectivity index (χ0n) is 33.5. The smallest absolute Gasteiger partial charge is 0.391 e. The quantitative estimate of drug-likeness (QED) is 0.0262. The van der Waals surface area contributed by atoms with Crippen molar-refractivity contribution >= 4 is 13.7 Å². The van der Waals surface area contributed by atoms with E-state index in [4.69, 9.17) is 9.05 Å². The van der Waals surface area contributed by atoms with E-state index in [9.17, 15) is 19.4 Å². The van der Waals surface area contributed by atoms with Gasteiger partial charge in [0, 0.05) is 6.42 Å². The minimum absolute atomic E-state index is 0.0580. The fourth-order valence-corrected chi connectivity index (χ4v) is 5.71. The van der Waals surface area contributed by atoms with Crippen LogP contribution in [0.4, 0.5) is 0 Å². The van der Waals surface area contributed by atoms with Gasteiger partial charge in [-0.15, -0.1) is 0 Å². The van der Waals surface area contributed by atoms with Crippen LogP contribution in [0.5, 0.6) is 0 Å². The van der Waals surface area contributed by atoms with E-state index in [1.165, 1.54) is 25.7 Å². The van der Waals surface area contributed by atoms with Gasteiger partial charge in [0.1, 0.15) is 13.2 Å². The van der Waals surface area contributed by atoms with E-state index in [2.05, 4.69) is 104 Å². The molecule has 0 aliphatic carbocycles. The first kappa shape index (κ1) is 49.7. The van der Waals surface area contributed by atoms with Crippen LogP contribution >= 0.6 is 7.82 Å². The number of quaternary nitrogens is 1. The fourth-order valence-electron chi connectivity index (χ4n) is 4.97. The normalized spacial score (nSPS) is 15.4. The summed E-state index contributed by atoms with van der Waals surface area (Å²) in [5.74, 6) is -0.212. The maximum Gasteiger partial charge on any atom is 0.472 e. The summed E-state index contributed by atoms with van der Waals surface area (Å²) in [6.45, 7) is 4.64. The molecule has 0 rings (SSSR count). The van der Waals surface area contributed by atoms with Gasteiger partial charge in [0.2, 0.25) is 5.91 Å². The number of likely N-dealkylation sites (N-methyl/N-ethyl adjacent to an activating group) is 1. The predicted molar refractivity (Wildman–Crippen MR) is 221 cm³/mol. The molecule has 0 aliphatic heterocycles. The number of unbranched alkanes of at least 4 members (excludes halogenated alkanes) is 7. The molecule has 1 amide bonds. The number of hydrogen-bond acceptors (Lipinski definition) is 5. The van der Waals surface area contributed by atoms with Gasteiger partial charge in [0.15, 0.2) is 0 Å². The second-order valence-corrected chi connectivity index (χ2v) is 15.7. The number of hydrogen-bond donors (Lipinski definition) is 3. The molecule has 8 nitrogen and oxygen atoms in total. The van der Waals surface area contributed by atoms with Gasteiger partial charge in [-0.1, -0.05) is 144 Å². The summed E-state index contributed by atoms with van der Waals surface area (Å²) in [6, 6.07) is -0.793. The lowest BCUT2D eigenvalue weighted by Gasteiger charge is -2.26. The van der Waals surface area contributed by atoms with Crippen LogP contribution in [0.25, 0.3) is 0 Å². The molecular formula is C43H76N2O6P+. The second kappa shape index (κ2) is 34.4. The number of aliphatic hydroxyl groups excluding tert-OH is 1. The van der Waals surface area contributed by atoms with Gasteiger partial charge in [0.05, 0.1) is 39.9 Å². The van der Waals surface area contributed by atoms with Crippen molar-refractivity contribution in [2.45, 2.75) is 142 Å². The largest absolute Gasteiger partial charge is 0.472 e. The van der Waals surface area contributed by atoms with Crippen LogP contribution in [-0.4, -0.2) is 73.4 Å². The number of nitrogens with zero attached hydrogens (tertiary/aromatic N) is 1. The SMILES string of the molecule is CC/C=C\C/C=C\C/C=C\C/C=C\C/C=C\C/C=C\C/C=C\CCCC(=O)NC(COP(=O)(O)OCC[N+](C)(C)C)C(O)CCCCCCCCC. The summed E-state index contributed by atoms with van der Waals surface area (Å²) in [7, 11) is 1.56. The van der Waals surface area contributed by atoms with Crippen LogP contribution in [0.1, 0.15) is 129 Å². The fraction of sp³-hybridized carbons (Fsp3) is 0.651. The lowest BCUT2D eigenvalue weighted by Crippen LogP contribution is -2.46. The number of carbonyl (C=O) groups excluding carboxylic acids is 1. The van der Waals surface area contributed by atoms with Gasteiger partial charge < -0.3 is 19.8 Å². The molecule has 0 saturated carbocycles. The predicted octanol–water partition coefficient (Wildman–Crippen LogP) is 10.6. The summed E-state index contributed by atoms with van der Waals surface area (Å²) in [5, 5.41) is 13.7.